The van der Waals surface area contributed by atoms with Crippen LogP contribution in [0.3, 0.4) is 0 Å². The van der Waals surface area contributed by atoms with Gasteiger partial charge in [-0.3, -0.25) is 4.68 Å². The summed E-state index contributed by atoms with van der Waals surface area (Å²) in [5, 5.41) is 18.2. The van der Waals surface area contributed by atoms with Crippen LogP contribution in [0.1, 0.15) is 44.1 Å². The Hall–Kier alpha value is -2.09. The van der Waals surface area contributed by atoms with Crippen LogP contribution >= 0.6 is 0 Å². The van der Waals surface area contributed by atoms with Gasteiger partial charge in [0.15, 0.2) is 11.5 Å². The van der Waals surface area contributed by atoms with Crippen LogP contribution in [0.2, 0.25) is 0 Å². The second kappa shape index (κ2) is 13.3. The molecule has 1 aliphatic heterocycles. The minimum atomic E-state index is -0.506. The molecule has 1 aromatic carbocycles. The van der Waals surface area contributed by atoms with Crippen LogP contribution in [-0.4, -0.2) is 65.8 Å². The zero-order valence-electron chi connectivity index (χ0n) is 18.8. The molecule has 7 heteroatoms. The van der Waals surface area contributed by atoms with E-state index in [1.807, 2.05) is 35.1 Å². The minimum absolute atomic E-state index is 0.271. The summed E-state index contributed by atoms with van der Waals surface area (Å²) in [7, 11) is 1.64. The van der Waals surface area contributed by atoms with E-state index in [1.165, 1.54) is 32.1 Å². The number of nitrogens with zero attached hydrogens (tertiary/aromatic N) is 3. The van der Waals surface area contributed by atoms with Gasteiger partial charge in [0.25, 0.3) is 0 Å². The SMILES string of the molecule is COc1ccc(CNCCCn2cccn2)cc1OCC(O)CN1CCCCCCC1. The monoisotopic (exact) mass is 430 g/mol. The lowest BCUT2D eigenvalue weighted by atomic mass is 10.1. The van der Waals surface area contributed by atoms with Crippen molar-refractivity contribution in [2.24, 2.45) is 0 Å². The van der Waals surface area contributed by atoms with Crippen LogP contribution in [0.15, 0.2) is 36.7 Å². The van der Waals surface area contributed by atoms with Gasteiger partial charge in [-0.25, -0.2) is 0 Å². The first kappa shape index (κ1) is 23.6. The summed E-state index contributed by atoms with van der Waals surface area (Å²) >= 11 is 0. The van der Waals surface area contributed by atoms with Crippen molar-refractivity contribution in [3.63, 3.8) is 0 Å². The Morgan fingerprint density at radius 1 is 1.13 bits per heavy atom. The van der Waals surface area contributed by atoms with Crippen molar-refractivity contribution in [1.82, 2.24) is 20.0 Å². The van der Waals surface area contributed by atoms with E-state index in [4.69, 9.17) is 9.47 Å². The maximum atomic E-state index is 10.5. The maximum absolute atomic E-state index is 10.5. The highest BCUT2D eigenvalue weighted by Gasteiger charge is 2.15. The summed E-state index contributed by atoms with van der Waals surface area (Å²) in [5.41, 5.74) is 1.13. The lowest BCUT2D eigenvalue weighted by molar-refractivity contribution is 0.0644. The van der Waals surface area contributed by atoms with E-state index in [2.05, 4.69) is 15.3 Å². The summed E-state index contributed by atoms with van der Waals surface area (Å²) in [6.45, 7) is 5.66. The number of methoxy groups -OCH3 is 1. The van der Waals surface area contributed by atoms with Gasteiger partial charge in [-0.05, 0) is 62.7 Å². The standard InChI is InChI=1S/C24H38N4O3/c1-30-23-10-9-21(18-25-11-7-15-28-16-8-12-26-28)17-24(23)31-20-22(29)19-27-13-5-3-2-4-6-14-27/h8-10,12,16-17,22,25,29H,2-7,11,13-15,18-20H2,1H3. The quantitative estimate of drug-likeness (QED) is 0.504. The van der Waals surface area contributed by atoms with Crippen molar-refractivity contribution in [1.29, 1.82) is 0 Å². The second-order valence-electron chi connectivity index (χ2n) is 8.32. The summed E-state index contributed by atoms with van der Waals surface area (Å²) < 4.78 is 13.4. The van der Waals surface area contributed by atoms with E-state index in [9.17, 15) is 5.11 Å². The van der Waals surface area contributed by atoms with Crippen LogP contribution < -0.4 is 14.8 Å². The van der Waals surface area contributed by atoms with Gasteiger partial charge in [0.2, 0.25) is 0 Å². The van der Waals surface area contributed by atoms with E-state index in [1.54, 1.807) is 13.3 Å². The number of aliphatic hydroxyl groups is 1. The number of ether oxygens (including phenoxy) is 2. The van der Waals surface area contributed by atoms with Crippen LogP contribution in [0, 0.1) is 0 Å². The third kappa shape index (κ3) is 8.51. The van der Waals surface area contributed by atoms with E-state index >= 15 is 0 Å². The minimum Gasteiger partial charge on any atom is -0.493 e. The lowest BCUT2D eigenvalue weighted by Crippen LogP contribution is -2.37. The fourth-order valence-electron chi connectivity index (χ4n) is 4.01. The highest BCUT2D eigenvalue weighted by Crippen LogP contribution is 2.28. The molecule has 0 radical (unpaired) electrons. The average Bonchev–Trinajstić information content (AvgIpc) is 3.27. The third-order valence-electron chi connectivity index (χ3n) is 5.71. The van der Waals surface area contributed by atoms with Crippen LogP contribution in [0.4, 0.5) is 0 Å². The van der Waals surface area contributed by atoms with E-state index < -0.39 is 6.10 Å². The Morgan fingerprint density at radius 3 is 2.68 bits per heavy atom. The molecule has 1 saturated heterocycles. The number of β-amino-alcohol motifs (C(OH)–C–C–N with tert-alkyl or cyclic N) is 1. The first-order valence-corrected chi connectivity index (χ1v) is 11.6. The van der Waals surface area contributed by atoms with Crippen molar-refractivity contribution in [3.8, 4) is 11.5 Å². The normalized spacial score (nSPS) is 16.5. The third-order valence-corrected chi connectivity index (χ3v) is 5.71. The molecular weight excluding hydrogens is 392 g/mol. The van der Waals surface area contributed by atoms with Crippen LogP contribution in [0.5, 0.6) is 11.5 Å². The Morgan fingerprint density at radius 2 is 1.94 bits per heavy atom. The molecule has 1 atom stereocenters. The molecule has 7 nitrogen and oxygen atoms in total. The smallest absolute Gasteiger partial charge is 0.161 e. The molecule has 0 saturated carbocycles. The molecule has 0 spiro atoms. The molecule has 172 valence electrons. The van der Waals surface area contributed by atoms with Crippen molar-refractivity contribution in [3.05, 3.63) is 42.2 Å². The second-order valence-corrected chi connectivity index (χ2v) is 8.32. The number of benzene rings is 1. The van der Waals surface area contributed by atoms with Gasteiger partial charge in [-0.1, -0.05) is 25.3 Å². The number of hydrogen-bond acceptors (Lipinski definition) is 6. The fourth-order valence-corrected chi connectivity index (χ4v) is 4.01. The van der Waals surface area contributed by atoms with E-state index in [-0.39, 0.29) is 6.61 Å². The number of likely N-dealkylation sites (tertiary alicyclic amines) is 1. The zero-order valence-corrected chi connectivity index (χ0v) is 18.8. The topological polar surface area (TPSA) is 71.8 Å². The first-order valence-electron chi connectivity index (χ1n) is 11.6. The molecule has 1 aromatic heterocycles. The van der Waals surface area contributed by atoms with Gasteiger partial charge in [0, 0.05) is 32.0 Å². The van der Waals surface area contributed by atoms with Crippen LogP contribution in [-0.2, 0) is 13.1 Å². The molecule has 0 bridgehead atoms. The van der Waals surface area contributed by atoms with Crippen molar-refractivity contribution in [2.75, 3.05) is 39.9 Å². The van der Waals surface area contributed by atoms with Gasteiger partial charge >= 0.3 is 0 Å². The molecule has 1 unspecified atom stereocenters. The van der Waals surface area contributed by atoms with Gasteiger partial charge in [-0.2, -0.15) is 5.10 Å². The summed E-state index contributed by atoms with van der Waals surface area (Å²) in [5.74, 6) is 1.38. The molecule has 2 aromatic rings. The Kier molecular flexibility index (Phi) is 10.2. The van der Waals surface area contributed by atoms with Gasteiger partial charge in [-0.15, -0.1) is 0 Å². The van der Waals surface area contributed by atoms with Crippen LogP contribution in [0.25, 0.3) is 0 Å². The van der Waals surface area contributed by atoms with Crippen molar-refractivity contribution in [2.45, 2.75) is 57.7 Å². The number of aromatic nitrogens is 2. The van der Waals surface area contributed by atoms with Gasteiger partial charge in [0.05, 0.1) is 7.11 Å². The summed E-state index contributed by atoms with van der Waals surface area (Å²) in [4.78, 5) is 2.37. The lowest BCUT2D eigenvalue weighted by Gasteiger charge is -2.26. The Labute approximate surface area is 186 Å². The molecule has 0 amide bonds. The first-order chi connectivity index (χ1) is 15.2. The molecule has 0 aliphatic carbocycles. The molecular formula is C24H38N4O3. The summed E-state index contributed by atoms with van der Waals surface area (Å²) in [6.07, 6.45) is 10.7. The molecule has 3 rings (SSSR count). The molecule has 1 fully saturated rings. The van der Waals surface area contributed by atoms with E-state index in [0.29, 0.717) is 18.0 Å². The summed E-state index contributed by atoms with van der Waals surface area (Å²) in [6, 6.07) is 7.92. The highest BCUT2D eigenvalue weighted by atomic mass is 16.5. The molecule has 2 N–H and O–H groups in total. The number of hydrogen-bond donors (Lipinski definition) is 2. The number of rotatable bonds is 12. The van der Waals surface area contributed by atoms with E-state index in [0.717, 1.165) is 44.7 Å². The Balaban J connectivity index is 1.42. The fraction of sp³-hybridized carbons (Fsp3) is 0.625. The molecule has 31 heavy (non-hydrogen) atoms. The van der Waals surface area contributed by atoms with Gasteiger partial charge < -0.3 is 24.8 Å². The number of nitrogens with one attached hydrogen (secondary N) is 1. The largest absolute Gasteiger partial charge is 0.493 e. The van der Waals surface area contributed by atoms with Crippen molar-refractivity contribution < 1.29 is 14.6 Å². The van der Waals surface area contributed by atoms with Gasteiger partial charge in [0.1, 0.15) is 12.7 Å². The molecule has 2 heterocycles. The highest BCUT2D eigenvalue weighted by molar-refractivity contribution is 5.43. The zero-order chi connectivity index (χ0) is 21.7. The number of aryl methyl sites for hydroxylation is 1. The Bertz CT molecular complexity index is 730. The van der Waals surface area contributed by atoms with Crippen molar-refractivity contribution >= 4 is 0 Å². The predicted molar refractivity (Wildman–Crippen MR) is 123 cm³/mol. The molecule has 1 aliphatic rings. The maximum Gasteiger partial charge on any atom is 0.161 e. The number of aliphatic hydroxyl groups excluding tert-OH is 1. The predicted octanol–water partition coefficient (Wildman–Crippen LogP) is 3.08. The average molecular weight is 431 g/mol.